The molecular weight excluding hydrogens is 239 g/mol. The molecule has 0 spiro atoms. The molecule has 0 aliphatic carbocycles. The maximum absolute atomic E-state index is 13.3. The van der Waals surface area contributed by atoms with E-state index in [2.05, 4.69) is 5.32 Å². The molecule has 94 valence electrons. The fourth-order valence-electron chi connectivity index (χ4n) is 1.68. The maximum atomic E-state index is 13.3. The number of benzene rings is 2. The third-order valence-corrected chi connectivity index (χ3v) is 2.56. The molecule has 0 atom stereocenters. The molecule has 18 heavy (non-hydrogen) atoms. The highest BCUT2D eigenvalue weighted by molar-refractivity contribution is 5.20. The molecular formula is C14H12F3N. The number of nitrogens with one attached hydrogen (secondary N) is 1. The summed E-state index contributed by atoms with van der Waals surface area (Å²) in [6.07, 6.45) is 0. The molecule has 0 amide bonds. The van der Waals surface area contributed by atoms with Crippen LogP contribution in [0.2, 0.25) is 0 Å². The van der Waals surface area contributed by atoms with Crippen LogP contribution in [-0.4, -0.2) is 0 Å². The molecule has 0 aromatic heterocycles. The Hall–Kier alpha value is -1.81. The molecule has 0 saturated heterocycles. The molecule has 0 aliphatic heterocycles. The van der Waals surface area contributed by atoms with E-state index in [1.165, 1.54) is 0 Å². The van der Waals surface area contributed by atoms with Crippen molar-refractivity contribution >= 4 is 0 Å². The zero-order valence-corrected chi connectivity index (χ0v) is 9.59. The van der Waals surface area contributed by atoms with Crippen molar-refractivity contribution in [3.63, 3.8) is 0 Å². The van der Waals surface area contributed by atoms with Gasteiger partial charge < -0.3 is 5.32 Å². The first-order valence-electron chi connectivity index (χ1n) is 5.55. The zero-order valence-electron chi connectivity index (χ0n) is 9.59. The molecule has 2 aromatic rings. The minimum Gasteiger partial charge on any atom is -0.309 e. The van der Waals surface area contributed by atoms with Gasteiger partial charge in [0.25, 0.3) is 0 Å². The number of rotatable bonds is 4. The molecule has 0 unspecified atom stereocenters. The van der Waals surface area contributed by atoms with Gasteiger partial charge in [-0.15, -0.1) is 0 Å². The quantitative estimate of drug-likeness (QED) is 0.821. The Balaban J connectivity index is 1.99. The zero-order chi connectivity index (χ0) is 13.0. The molecule has 1 N–H and O–H groups in total. The lowest BCUT2D eigenvalue weighted by Crippen LogP contribution is -2.14. The molecule has 0 fully saturated rings. The van der Waals surface area contributed by atoms with E-state index in [1.54, 1.807) is 0 Å². The number of hydrogen-bond acceptors (Lipinski definition) is 1. The van der Waals surface area contributed by atoms with Crippen LogP contribution in [0.25, 0.3) is 0 Å². The summed E-state index contributed by atoms with van der Waals surface area (Å²) < 4.78 is 39.2. The second-order valence-electron chi connectivity index (χ2n) is 3.95. The first-order chi connectivity index (χ1) is 8.66. The topological polar surface area (TPSA) is 12.0 Å². The van der Waals surface area contributed by atoms with Crippen molar-refractivity contribution in [1.82, 2.24) is 5.32 Å². The summed E-state index contributed by atoms with van der Waals surface area (Å²) in [5.41, 5.74) is 1.01. The predicted molar refractivity (Wildman–Crippen MR) is 63.3 cm³/mol. The smallest absolute Gasteiger partial charge is 0.163 e. The largest absolute Gasteiger partial charge is 0.309 e. The van der Waals surface area contributed by atoms with Crippen LogP contribution in [-0.2, 0) is 13.1 Å². The third-order valence-electron chi connectivity index (χ3n) is 2.56. The molecule has 0 radical (unpaired) electrons. The summed E-state index contributed by atoms with van der Waals surface area (Å²) in [5.74, 6) is -2.94. The van der Waals surface area contributed by atoms with Crippen molar-refractivity contribution in [1.29, 1.82) is 0 Å². The van der Waals surface area contributed by atoms with Gasteiger partial charge in [0, 0.05) is 24.7 Å². The van der Waals surface area contributed by atoms with Gasteiger partial charge in [-0.25, -0.2) is 13.2 Å². The van der Waals surface area contributed by atoms with Crippen LogP contribution in [0.4, 0.5) is 13.2 Å². The molecule has 0 saturated carbocycles. The second-order valence-corrected chi connectivity index (χ2v) is 3.95. The molecule has 1 nitrogen and oxygen atoms in total. The highest BCUT2D eigenvalue weighted by Gasteiger charge is 2.10. The van der Waals surface area contributed by atoms with Gasteiger partial charge in [0.05, 0.1) is 0 Å². The van der Waals surface area contributed by atoms with Crippen molar-refractivity contribution in [3.05, 3.63) is 71.0 Å². The Morgan fingerprint density at radius 1 is 0.889 bits per heavy atom. The van der Waals surface area contributed by atoms with Gasteiger partial charge in [0.2, 0.25) is 0 Å². The van der Waals surface area contributed by atoms with Crippen molar-refractivity contribution in [2.45, 2.75) is 13.1 Å². The molecule has 0 aliphatic rings. The van der Waals surface area contributed by atoms with Crippen molar-refractivity contribution in [2.24, 2.45) is 0 Å². The van der Waals surface area contributed by atoms with Crippen LogP contribution >= 0.6 is 0 Å². The summed E-state index contributed by atoms with van der Waals surface area (Å²) in [6.45, 7) is 0.591. The lowest BCUT2D eigenvalue weighted by atomic mass is 10.2. The van der Waals surface area contributed by atoms with Crippen LogP contribution in [0.3, 0.4) is 0 Å². The first-order valence-corrected chi connectivity index (χ1v) is 5.55. The Bertz CT molecular complexity index is 526. The summed E-state index contributed by atoms with van der Waals surface area (Å²) >= 11 is 0. The van der Waals surface area contributed by atoms with Crippen LogP contribution in [0.1, 0.15) is 11.1 Å². The molecule has 4 heteroatoms. The summed E-state index contributed by atoms with van der Waals surface area (Å²) in [7, 11) is 0. The minimum atomic E-state index is -1.16. The van der Waals surface area contributed by atoms with Gasteiger partial charge in [0.1, 0.15) is 5.82 Å². The average Bonchev–Trinajstić information content (AvgIpc) is 2.36. The van der Waals surface area contributed by atoms with Crippen LogP contribution in [0, 0.1) is 17.5 Å². The number of halogens is 3. The summed E-state index contributed by atoms with van der Waals surface area (Å²) in [5, 5.41) is 2.94. The SMILES string of the molecule is Fc1cc(F)c(F)c(CNCc2ccccc2)c1. The number of hydrogen-bond donors (Lipinski definition) is 1. The fraction of sp³-hybridized carbons (Fsp3) is 0.143. The third kappa shape index (κ3) is 3.11. The molecule has 0 bridgehead atoms. The van der Waals surface area contributed by atoms with Gasteiger partial charge in [-0.2, -0.15) is 0 Å². The van der Waals surface area contributed by atoms with E-state index in [0.29, 0.717) is 12.6 Å². The Morgan fingerprint density at radius 3 is 2.33 bits per heavy atom. The summed E-state index contributed by atoms with van der Waals surface area (Å²) in [6, 6.07) is 11.0. The van der Waals surface area contributed by atoms with Crippen molar-refractivity contribution in [3.8, 4) is 0 Å². The maximum Gasteiger partial charge on any atom is 0.163 e. The van der Waals surface area contributed by atoms with E-state index in [9.17, 15) is 13.2 Å². The van der Waals surface area contributed by atoms with Crippen LogP contribution in [0.15, 0.2) is 42.5 Å². The molecule has 2 rings (SSSR count). The highest BCUT2D eigenvalue weighted by atomic mass is 19.2. The predicted octanol–water partition coefficient (Wildman–Crippen LogP) is 3.39. The molecule has 0 heterocycles. The van der Waals surface area contributed by atoms with E-state index < -0.39 is 17.5 Å². The monoisotopic (exact) mass is 251 g/mol. The standard InChI is InChI=1S/C14H12F3N/c15-12-6-11(14(17)13(16)7-12)9-18-8-10-4-2-1-3-5-10/h1-7,18H,8-9H2. The van der Waals surface area contributed by atoms with E-state index in [0.717, 1.165) is 11.6 Å². The van der Waals surface area contributed by atoms with Gasteiger partial charge in [-0.3, -0.25) is 0 Å². The van der Waals surface area contributed by atoms with Crippen molar-refractivity contribution in [2.75, 3.05) is 0 Å². The lowest BCUT2D eigenvalue weighted by molar-refractivity contribution is 0.479. The second kappa shape index (κ2) is 5.69. The highest BCUT2D eigenvalue weighted by Crippen LogP contribution is 2.14. The lowest BCUT2D eigenvalue weighted by Gasteiger charge is -2.07. The van der Waals surface area contributed by atoms with Gasteiger partial charge in [-0.1, -0.05) is 30.3 Å². The van der Waals surface area contributed by atoms with Gasteiger partial charge in [-0.05, 0) is 11.6 Å². The Labute approximate surface area is 103 Å². The fourth-order valence-corrected chi connectivity index (χ4v) is 1.68. The Morgan fingerprint density at radius 2 is 1.61 bits per heavy atom. The molecule has 2 aromatic carbocycles. The Kier molecular flexibility index (Phi) is 3.99. The van der Waals surface area contributed by atoms with E-state index in [-0.39, 0.29) is 12.1 Å². The normalized spacial score (nSPS) is 10.6. The van der Waals surface area contributed by atoms with Crippen molar-refractivity contribution < 1.29 is 13.2 Å². The van der Waals surface area contributed by atoms with Crippen LogP contribution < -0.4 is 5.32 Å². The first kappa shape index (κ1) is 12.6. The van der Waals surface area contributed by atoms with Gasteiger partial charge >= 0.3 is 0 Å². The summed E-state index contributed by atoms with van der Waals surface area (Å²) in [4.78, 5) is 0. The van der Waals surface area contributed by atoms with E-state index in [1.807, 2.05) is 30.3 Å². The van der Waals surface area contributed by atoms with E-state index >= 15 is 0 Å². The van der Waals surface area contributed by atoms with Gasteiger partial charge in [0.15, 0.2) is 11.6 Å². The van der Waals surface area contributed by atoms with Crippen LogP contribution in [0.5, 0.6) is 0 Å². The van der Waals surface area contributed by atoms with E-state index in [4.69, 9.17) is 0 Å². The minimum absolute atomic E-state index is 0.0107. The average molecular weight is 251 g/mol.